The highest BCUT2D eigenvalue weighted by Crippen LogP contribution is 2.35. The average molecular weight is 309 g/mol. The molecule has 0 saturated carbocycles. The van der Waals surface area contributed by atoms with Gasteiger partial charge in [-0.2, -0.15) is 0 Å². The van der Waals surface area contributed by atoms with E-state index in [1.165, 1.54) is 6.33 Å². The van der Waals surface area contributed by atoms with Crippen molar-refractivity contribution in [1.82, 2.24) is 9.97 Å². The second-order valence-corrected chi connectivity index (χ2v) is 6.03. The minimum Gasteiger partial charge on any atom is -0.477 e. The number of aryl methyl sites for hydroxylation is 1. The predicted octanol–water partition coefficient (Wildman–Crippen LogP) is 2.66. The Balaban J connectivity index is 2.57. The molecule has 0 radical (unpaired) electrons. The molecule has 0 aliphatic rings. The molecule has 0 aromatic carbocycles. The van der Waals surface area contributed by atoms with Crippen LogP contribution in [0, 0.1) is 6.92 Å². The Morgan fingerprint density at radius 1 is 1.38 bits per heavy atom. The molecule has 7 heteroatoms. The first-order valence-corrected chi connectivity index (χ1v) is 7.66. The molecule has 21 heavy (non-hydrogen) atoms. The number of aliphatic hydroxyl groups is 1. The minimum absolute atomic E-state index is 0.0134. The topological polar surface area (TPSA) is 95.3 Å². The molecule has 0 saturated heterocycles. The lowest BCUT2D eigenvalue weighted by Crippen LogP contribution is -2.41. The van der Waals surface area contributed by atoms with Crippen LogP contribution in [0.3, 0.4) is 0 Å². The summed E-state index contributed by atoms with van der Waals surface area (Å²) in [5, 5.41) is 22.9. The molecule has 2 aromatic rings. The third-order valence-electron chi connectivity index (χ3n) is 3.96. The lowest BCUT2D eigenvalue weighted by atomic mass is 9.93. The van der Waals surface area contributed by atoms with Crippen molar-refractivity contribution in [2.45, 2.75) is 39.2 Å². The van der Waals surface area contributed by atoms with E-state index in [1.807, 2.05) is 13.8 Å². The minimum atomic E-state index is -0.958. The van der Waals surface area contributed by atoms with Gasteiger partial charge in [0.05, 0.1) is 17.5 Å². The zero-order valence-corrected chi connectivity index (χ0v) is 13.1. The Morgan fingerprint density at radius 3 is 2.57 bits per heavy atom. The molecule has 0 bridgehead atoms. The molecule has 0 amide bonds. The van der Waals surface area contributed by atoms with Crippen molar-refractivity contribution in [2.75, 3.05) is 11.9 Å². The summed E-state index contributed by atoms with van der Waals surface area (Å²) in [7, 11) is 0. The van der Waals surface area contributed by atoms with Crippen LogP contribution in [0.1, 0.15) is 41.9 Å². The fraction of sp³-hybridized carbons (Fsp3) is 0.500. The van der Waals surface area contributed by atoms with Crippen molar-refractivity contribution in [3.63, 3.8) is 0 Å². The van der Waals surface area contributed by atoms with E-state index in [-0.39, 0.29) is 11.5 Å². The van der Waals surface area contributed by atoms with E-state index in [1.54, 1.807) is 6.92 Å². The Bertz CT molecular complexity index is 657. The van der Waals surface area contributed by atoms with E-state index in [9.17, 15) is 15.0 Å². The molecule has 0 aliphatic carbocycles. The van der Waals surface area contributed by atoms with Crippen LogP contribution < -0.4 is 5.32 Å². The summed E-state index contributed by atoms with van der Waals surface area (Å²) < 4.78 is 0. The summed E-state index contributed by atoms with van der Waals surface area (Å²) in [5.74, 6) is -0.375. The summed E-state index contributed by atoms with van der Waals surface area (Å²) in [6.45, 7) is 5.73. The van der Waals surface area contributed by atoms with E-state index in [0.29, 0.717) is 16.2 Å². The van der Waals surface area contributed by atoms with Crippen LogP contribution in [0.5, 0.6) is 0 Å². The quantitative estimate of drug-likeness (QED) is 0.759. The zero-order chi connectivity index (χ0) is 15.6. The first kappa shape index (κ1) is 15.7. The second-order valence-electron chi connectivity index (χ2n) is 5.03. The van der Waals surface area contributed by atoms with Crippen LogP contribution in [0.15, 0.2) is 6.33 Å². The van der Waals surface area contributed by atoms with Crippen LogP contribution in [-0.4, -0.2) is 38.3 Å². The van der Waals surface area contributed by atoms with Gasteiger partial charge in [-0.15, -0.1) is 11.3 Å². The lowest BCUT2D eigenvalue weighted by molar-refractivity contribution is 0.0701. The van der Waals surface area contributed by atoms with Crippen molar-refractivity contribution >= 4 is 33.3 Å². The second kappa shape index (κ2) is 5.95. The number of aromatic nitrogens is 2. The maximum absolute atomic E-state index is 11.3. The molecule has 6 nitrogen and oxygen atoms in total. The maximum atomic E-state index is 11.3. The molecule has 0 aliphatic heterocycles. The van der Waals surface area contributed by atoms with Gasteiger partial charge < -0.3 is 15.5 Å². The number of rotatable bonds is 6. The van der Waals surface area contributed by atoms with Gasteiger partial charge in [-0.1, -0.05) is 13.8 Å². The molecule has 3 N–H and O–H groups in total. The van der Waals surface area contributed by atoms with E-state index in [4.69, 9.17) is 0 Å². The highest BCUT2D eigenvalue weighted by Gasteiger charge is 2.27. The summed E-state index contributed by atoms with van der Waals surface area (Å²) in [6, 6.07) is 0. The third-order valence-corrected chi connectivity index (χ3v) is 5.15. The molecular formula is C14H19N3O3S. The van der Waals surface area contributed by atoms with Crippen LogP contribution in [0.25, 0.3) is 10.2 Å². The van der Waals surface area contributed by atoms with Gasteiger partial charge in [-0.3, -0.25) is 0 Å². The van der Waals surface area contributed by atoms with E-state index < -0.39 is 11.5 Å². The predicted molar refractivity (Wildman–Crippen MR) is 83.1 cm³/mol. The van der Waals surface area contributed by atoms with Gasteiger partial charge in [0.25, 0.3) is 0 Å². The Labute approximate surface area is 126 Å². The highest BCUT2D eigenvalue weighted by molar-refractivity contribution is 7.20. The van der Waals surface area contributed by atoms with Crippen molar-refractivity contribution < 1.29 is 15.0 Å². The van der Waals surface area contributed by atoms with E-state index in [2.05, 4.69) is 15.3 Å². The maximum Gasteiger partial charge on any atom is 0.346 e. The van der Waals surface area contributed by atoms with Crippen molar-refractivity contribution in [3.05, 3.63) is 16.8 Å². The van der Waals surface area contributed by atoms with Crippen molar-refractivity contribution in [2.24, 2.45) is 0 Å². The smallest absolute Gasteiger partial charge is 0.346 e. The molecule has 0 fully saturated rings. The molecule has 0 spiro atoms. The largest absolute Gasteiger partial charge is 0.477 e. The number of hydrogen-bond acceptors (Lipinski definition) is 6. The van der Waals surface area contributed by atoms with Gasteiger partial charge in [-0.05, 0) is 25.3 Å². The average Bonchev–Trinajstić information content (AvgIpc) is 2.83. The van der Waals surface area contributed by atoms with Gasteiger partial charge in [0, 0.05) is 0 Å². The number of carboxylic acids is 1. The van der Waals surface area contributed by atoms with Gasteiger partial charge >= 0.3 is 5.97 Å². The molecular weight excluding hydrogens is 290 g/mol. The van der Waals surface area contributed by atoms with Crippen LogP contribution in [-0.2, 0) is 0 Å². The SMILES string of the molecule is CCC(CC)(CO)Nc1ncnc2sc(C(=O)O)c(C)c12. The number of hydrogen-bond donors (Lipinski definition) is 3. The van der Waals surface area contributed by atoms with Gasteiger partial charge in [0.1, 0.15) is 21.9 Å². The Morgan fingerprint density at radius 2 is 2.05 bits per heavy atom. The standard InChI is InChI=1S/C14H19N3O3S/c1-4-14(5-2,6-18)17-11-9-8(3)10(13(19)20)21-12(9)16-7-15-11/h7,18H,4-6H2,1-3H3,(H,19,20)(H,15,16,17). The van der Waals surface area contributed by atoms with E-state index in [0.717, 1.165) is 29.6 Å². The summed E-state index contributed by atoms with van der Waals surface area (Å²) in [5.41, 5.74) is 0.198. The lowest BCUT2D eigenvalue weighted by Gasteiger charge is -2.31. The number of carbonyl (C=O) groups is 1. The summed E-state index contributed by atoms with van der Waals surface area (Å²) >= 11 is 1.14. The number of anilines is 1. The third kappa shape index (κ3) is 2.71. The molecule has 0 unspecified atom stereocenters. The normalized spacial score (nSPS) is 11.8. The fourth-order valence-electron chi connectivity index (χ4n) is 2.31. The number of fused-ring (bicyclic) bond motifs is 1. The highest BCUT2D eigenvalue weighted by atomic mass is 32.1. The first-order chi connectivity index (χ1) is 9.98. The number of carboxylic acid groups (broad SMARTS) is 1. The first-order valence-electron chi connectivity index (χ1n) is 6.84. The van der Waals surface area contributed by atoms with Gasteiger partial charge in [0.2, 0.25) is 0 Å². The van der Waals surface area contributed by atoms with E-state index >= 15 is 0 Å². The fourth-order valence-corrected chi connectivity index (χ4v) is 3.30. The number of nitrogens with zero attached hydrogens (tertiary/aromatic N) is 2. The number of nitrogens with one attached hydrogen (secondary N) is 1. The Hall–Kier alpha value is -1.73. The monoisotopic (exact) mass is 309 g/mol. The van der Waals surface area contributed by atoms with Gasteiger partial charge in [0.15, 0.2) is 0 Å². The summed E-state index contributed by atoms with van der Waals surface area (Å²) in [4.78, 5) is 20.6. The molecule has 0 atom stereocenters. The van der Waals surface area contributed by atoms with Crippen LogP contribution >= 0.6 is 11.3 Å². The number of aliphatic hydroxyl groups excluding tert-OH is 1. The van der Waals surface area contributed by atoms with Crippen molar-refractivity contribution in [1.29, 1.82) is 0 Å². The van der Waals surface area contributed by atoms with Crippen molar-refractivity contribution in [3.8, 4) is 0 Å². The molecule has 114 valence electrons. The number of thiophene rings is 1. The molecule has 2 rings (SSSR count). The number of aromatic carboxylic acids is 1. The van der Waals surface area contributed by atoms with Gasteiger partial charge in [-0.25, -0.2) is 14.8 Å². The zero-order valence-electron chi connectivity index (χ0n) is 12.3. The molecule has 2 heterocycles. The van der Waals surface area contributed by atoms with Crippen LogP contribution in [0.4, 0.5) is 5.82 Å². The summed E-state index contributed by atoms with van der Waals surface area (Å²) in [6.07, 6.45) is 2.89. The molecule has 2 aromatic heterocycles. The Kier molecular flexibility index (Phi) is 4.43. The van der Waals surface area contributed by atoms with Crippen LogP contribution in [0.2, 0.25) is 0 Å².